The summed E-state index contributed by atoms with van der Waals surface area (Å²) in [4.78, 5) is 15.3. The van der Waals surface area contributed by atoms with Gasteiger partial charge in [0.25, 0.3) is 5.91 Å². The number of nitrogen functional groups attached to an aromatic ring is 1. The van der Waals surface area contributed by atoms with Crippen LogP contribution in [0.25, 0.3) is 0 Å². The molecule has 0 spiro atoms. The molecule has 88 valence electrons. The molecule has 0 bridgehead atoms. The molecular weight excluding hydrogens is 286 g/mol. The van der Waals surface area contributed by atoms with Gasteiger partial charge in [0.15, 0.2) is 0 Å². The maximum absolute atomic E-state index is 11.6. The fourth-order valence-electron chi connectivity index (χ4n) is 1.29. The SMILES string of the molecule is Nc1n[nH]c(C(=O)NCc2cccc(Br)c2)n1. The van der Waals surface area contributed by atoms with Crippen LogP contribution in [0, 0.1) is 0 Å². The van der Waals surface area contributed by atoms with Crippen LogP contribution in [0.1, 0.15) is 16.2 Å². The minimum atomic E-state index is -0.339. The van der Waals surface area contributed by atoms with Crippen LogP contribution in [-0.4, -0.2) is 21.1 Å². The van der Waals surface area contributed by atoms with E-state index in [0.29, 0.717) is 6.54 Å². The molecule has 1 heterocycles. The molecule has 1 amide bonds. The Kier molecular flexibility index (Phi) is 3.38. The molecule has 0 saturated heterocycles. The Balaban J connectivity index is 1.97. The van der Waals surface area contributed by atoms with Crippen molar-refractivity contribution in [1.82, 2.24) is 20.5 Å². The number of aromatic amines is 1. The van der Waals surface area contributed by atoms with E-state index in [1.54, 1.807) is 0 Å². The third kappa shape index (κ3) is 3.04. The Morgan fingerprint density at radius 1 is 1.53 bits per heavy atom. The topological polar surface area (TPSA) is 96.7 Å². The van der Waals surface area contributed by atoms with E-state index in [0.717, 1.165) is 10.0 Å². The highest BCUT2D eigenvalue weighted by molar-refractivity contribution is 9.10. The Bertz CT molecular complexity index is 539. The first-order chi connectivity index (χ1) is 8.15. The minimum Gasteiger partial charge on any atom is -0.366 e. The van der Waals surface area contributed by atoms with E-state index >= 15 is 0 Å². The zero-order chi connectivity index (χ0) is 12.3. The minimum absolute atomic E-state index is 0.0533. The molecular formula is C10H10BrN5O. The van der Waals surface area contributed by atoms with Gasteiger partial charge in [0, 0.05) is 11.0 Å². The van der Waals surface area contributed by atoms with Gasteiger partial charge in [-0.25, -0.2) is 0 Å². The maximum atomic E-state index is 11.6. The van der Waals surface area contributed by atoms with E-state index in [1.165, 1.54) is 0 Å². The number of nitrogens with two attached hydrogens (primary N) is 1. The summed E-state index contributed by atoms with van der Waals surface area (Å²) in [5.74, 6) is -0.177. The van der Waals surface area contributed by atoms with E-state index in [4.69, 9.17) is 5.73 Å². The van der Waals surface area contributed by atoms with Crippen molar-refractivity contribution in [3.63, 3.8) is 0 Å². The predicted molar refractivity (Wildman–Crippen MR) is 66.1 cm³/mol. The molecule has 2 aromatic rings. The lowest BCUT2D eigenvalue weighted by Gasteiger charge is -2.03. The van der Waals surface area contributed by atoms with Crippen molar-refractivity contribution in [2.24, 2.45) is 0 Å². The second kappa shape index (κ2) is 4.96. The van der Waals surface area contributed by atoms with Crippen LogP contribution in [0.4, 0.5) is 5.95 Å². The first-order valence-electron chi connectivity index (χ1n) is 4.85. The fourth-order valence-corrected chi connectivity index (χ4v) is 1.74. The molecule has 6 nitrogen and oxygen atoms in total. The van der Waals surface area contributed by atoms with Crippen LogP contribution in [0.3, 0.4) is 0 Å². The van der Waals surface area contributed by atoms with Crippen LogP contribution in [0.5, 0.6) is 0 Å². The number of carbonyl (C=O) groups excluding carboxylic acids is 1. The van der Waals surface area contributed by atoms with Crippen molar-refractivity contribution < 1.29 is 4.79 Å². The highest BCUT2D eigenvalue weighted by atomic mass is 79.9. The number of nitrogens with zero attached hydrogens (tertiary/aromatic N) is 2. The monoisotopic (exact) mass is 295 g/mol. The largest absolute Gasteiger partial charge is 0.366 e. The van der Waals surface area contributed by atoms with Gasteiger partial charge in [-0.3, -0.25) is 9.89 Å². The Labute approximate surface area is 106 Å². The average Bonchev–Trinajstić information content (AvgIpc) is 2.73. The summed E-state index contributed by atoms with van der Waals surface area (Å²) in [5, 5.41) is 8.73. The third-order valence-corrected chi connectivity index (χ3v) is 2.55. The van der Waals surface area contributed by atoms with Gasteiger partial charge in [-0.15, -0.1) is 5.10 Å². The number of aromatic nitrogens is 3. The molecule has 0 saturated carbocycles. The maximum Gasteiger partial charge on any atom is 0.288 e. The van der Waals surface area contributed by atoms with E-state index in [9.17, 15) is 4.79 Å². The number of halogens is 1. The summed E-state index contributed by atoms with van der Waals surface area (Å²) in [5.41, 5.74) is 6.29. The van der Waals surface area contributed by atoms with Gasteiger partial charge >= 0.3 is 0 Å². The number of H-pyrrole nitrogens is 1. The van der Waals surface area contributed by atoms with E-state index in [1.807, 2.05) is 24.3 Å². The second-order valence-corrected chi connectivity index (χ2v) is 4.27. The number of anilines is 1. The molecule has 0 radical (unpaired) electrons. The van der Waals surface area contributed by atoms with E-state index < -0.39 is 0 Å². The lowest BCUT2D eigenvalue weighted by Crippen LogP contribution is -2.24. The summed E-state index contributed by atoms with van der Waals surface area (Å²) in [7, 11) is 0. The normalized spacial score (nSPS) is 10.2. The summed E-state index contributed by atoms with van der Waals surface area (Å²) < 4.78 is 0.966. The van der Waals surface area contributed by atoms with Crippen molar-refractivity contribution in [2.75, 3.05) is 5.73 Å². The van der Waals surface area contributed by atoms with Gasteiger partial charge in [-0.2, -0.15) is 4.98 Å². The molecule has 1 aromatic carbocycles. The summed E-state index contributed by atoms with van der Waals surface area (Å²) in [6, 6.07) is 7.66. The van der Waals surface area contributed by atoms with Crippen LogP contribution in [0.15, 0.2) is 28.7 Å². The van der Waals surface area contributed by atoms with Gasteiger partial charge in [-0.1, -0.05) is 28.1 Å². The standard InChI is InChI=1S/C10H10BrN5O/c11-7-3-1-2-6(4-7)5-13-9(17)8-14-10(12)16-15-8/h1-4H,5H2,(H,13,17)(H3,12,14,15,16). The van der Waals surface area contributed by atoms with Crippen LogP contribution < -0.4 is 11.1 Å². The molecule has 0 aliphatic rings. The zero-order valence-electron chi connectivity index (χ0n) is 8.77. The number of hydrogen-bond donors (Lipinski definition) is 3. The van der Waals surface area contributed by atoms with Gasteiger partial charge in [0.05, 0.1) is 0 Å². The van der Waals surface area contributed by atoms with Crippen molar-refractivity contribution in [1.29, 1.82) is 0 Å². The van der Waals surface area contributed by atoms with Crippen molar-refractivity contribution in [2.45, 2.75) is 6.54 Å². The number of amides is 1. The van der Waals surface area contributed by atoms with Gasteiger partial charge < -0.3 is 11.1 Å². The highest BCUT2D eigenvalue weighted by Gasteiger charge is 2.09. The third-order valence-electron chi connectivity index (χ3n) is 2.06. The van der Waals surface area contributed by atoms with E-state index in [-0.39, 0.29) is 17.7 Å². The predicted octanol–water partition coefficient (Wildman–Crippen LogP) is 1.08. The number of carbonyl (C=O) groups is 1. The van der Waals surface area contributed by atoms with Crippen molar-refractivity contribution >= 4 is 27.8 Å². The second-order valence-electron chi connectivity index (χ2n) is 3.35. The fraction of sp³-hybridized carbons (Fsp3) is 0.100. The van der Waals surface area contributed by atoms with Gasteiger partial charge in [-0.05, 0) is 17.7 Å². The molecule has 17 heavy (non-hydrogen) atoms. The Morgan fingerprint density at radius 3 is 3.00 bits per heavy atom. The number of hydrogen-bond acceptors (Lipinski definition) is 4. The van der Waals surface area contributed by atoms with Crippen LogP contribution in [0.2, 0.25) is 0 Å². The molecule has 0 fully saturated rings. The molecule has 1 aromatic heterocycles. The smallest absolute Gasteiger partial charge is 0.288 e. The first kappa shape index (κ1) is 11.6. The molecule has 4 N–H and O–H groups in total. The number of benzene rings is 1. The molecule has 0 unspecified atom stereocenters. The van der Waals surface area contributed by atoms with Crippen LogP contribution >= 0.6 is 15.9 Å². The van der Waals surface area contributed by atoms with Gasteiger partial charge in [0.1, 0.15) is 0 Å². The summed E-state index contributed by atoms with van der Waals surface area (Å²) in [6.07, 6.45) is 0. The summed E-state index contributed by atoms with van der Waals surface area (Å²) >= 11 is 3.36. The average molecular weight is 296 g/mol. The van der Waals surface area contributed by atoms with Crippen molar-refractivity contribution in [3.05, 3.63) is 40.1 Å². The summed E-state index contributed by atoms with van der Waals surface area (Å²) in [6.45, 7) is 0.416. The first-order valence-corrected chi connectivity index (χ1v) is 5.65. The lowest BCUT2D eigenvalue weighted by molar-refractivity contribution is 0.0941. The zero-order valence-corrected chi connectivity index (χ0v) is 10.4. The van der Waals surface area contributed by atoms with Crippen LogP contribution in [-0.2, 0) is 6.54 Å². The lowest BCUT2D eigenvalue weighted by atomic mass is 10.2. The van der Waals surface area contributed by atoms with E-state index in [2.05, 4.69) is 36.4 Å². The molecule has 7 heteroatoms. The van der Waals surface area contributed by atoms with Crippen molar-refractivity contribution in [3.8, 4) is 0 Å². The quantitative estimate of drug-likeness (QED) is 0.789. The highest BCUT2D eigenvalue weighted by Crippen LogP contribution is 2.11. The number of rotatable bonds is 3. The molecule has 0 atom stereocenters. The molecule has 0 aliphatic heterocycles. The Morgan fingerprint density at radius 2 is 2.35 bits per heavy atom. The molecule has 0 aliphatic carbocycles. The molecule has 2 rings (SSSR count). The van der Waals surface area contributed by atoms with Gasteiger partial charge in [0.2, 0.25) is 11.8 Å². The Hall–Kier alpha value is -1.89. The number of nitrogens with one attached hydrogen (secondary N) is 2.